The van der Waals surface area contributed by atoms with Crippen molar-refractivity contribution in [1.29, 1.82) is 0 Å². The molecule has 17 heavy (non-hydrogen) atoms. The average Bonchev–Trinajstić information content (AvgIpc) is 2.82. The Morgan fingerprint density at radius 1 is 1.53 bits per heavy atom. The van der Waals surface area contributed by atoms with Crippen molar-refractivity contribution in [2.24, 2.45) is 5.73 Å². The summed E-state index contributed by atoms with van der Waals surface area (Å²) < 4.78 is 4.89. The van der Waals surface area contributed by atoms with Gasteiger partial charge in [0.25, 0.3) is 5.91 Å². The Bertz CT molecular complexity index is 599. The highest BCUT2D eigenvalue weighted by molar-refractivity contribution is 6.02. The Balaban J connectivity index is 2.53. The van der Waals surface area contributed by atoms with Gasteiger partial charge in [-0.25, -0.2) is 0 Å². The molecule has 0 aliphatic heterocycles. The third-order valence-corrected chi connectivity index (χ3v) is 2.05. The number of anilines is 1. The number of aromatic nitrogens is 2. The summed E-state index contributed by atoms with van der Waals surface area (Å²) in [4.78, 5) is 20.9. The molecule has 2 aromatic heterocycles. The van der Waals surface area contributed by atoms with Crippen LogP contribution in [0, 0.1) is 10.1 Å². The van der Waals surface area contributed by atoms with E-state index in [1.807, 2.05) is 0 Å². The first kappa shape index (κ1) is 10.7. The molecule has 5 N–H and O–H groups in total. The summed E-state index contributed by atoms with van der Waals surface area (Å²) in [6.45, 7) is 0. The standard InChI is InChI=1S/C8H7N5O4/c9-7-5(8(10)14)6(11-12-7)3-1-2-4(17-3)13(15)16/h1-2H,(H2,10,14)(H3,9,11,12). The number of primary amides is 1. The molecule has 1 amide bonds. The van der Waals surface area contributed by atoms with E-state index in [-0.39, 0.29) is 22.8 Å². The number of nitrogens with one attached hydrogen (secondary N) is 1. The molecule has 0 bridgehead atoms. The van der Waals surface area contributed by atoms with Gasteiger partial charge in [-0.2, -0.15) is 5.10 Å². The number of rotatable bonds is 3. The fraction of sp³-hybridized carbons (Fsp3) is 0. The number of aromatic amines is 1. The molecule has 2 rings (SSSR count). The van der Waals surface area contributed by atoms with Crippen LogP contribution in [0.2, 0.25) is 0 Å². The van der Waals surface area contributed by atoms with Gasteiger partial charge in [0.2, 0.25) is 0 Å². The van der Waals surface area contributed by atoms with Crippen LogP contribution in [-0.4, -0.2) is 21.0 Å². The highest BCUT2D eigenvalue weighted by Gasteiger charge is 2.22. The fourth-order valence-electron chi connectivity index (χ4n) is 1.34. The summed E-state index contributed by atoms with van der Waals surface area (Å²) in [5, 5.41) is 16.5. The van der Waals surface area contributed by atoms with E-state index >= 15 is 0 Å². The molecule has 0 aliphatic rings. The van der Waals surface area contributed by atoms with Crippen molar-refractivity contribution in [2.75, 3.05) is 5.73 Å². The van der Waals surface area contributed by atoms with Crippen LogP contribution in [-0.2, 0) is 0 Å². The number of nitrogen functional groups attached to an aromatic ring is 1. The monoisotopic (exact) mass is 237 g/mol. The van der Waals surface area contributed by atoms with Crippen molar-refractivity contribution in [3.63, 3.8) is 0 Å². The van der Waals surface area contributed by atoms with E-state index in [1.165, 1.54) is 6.07 Å². The van der Waals surface area contributed by atoms with Crippen molar-refractivity contribution in [3.8, 4) is 11.5 Å². The van der Waals surface area contributed by atoms with Crippen molar-refractivity contribution < 1.29 is 14.1 Å². The second-order valence-electron chi connectivity index (χ2n) is 3.12. The third kappa shape index (κ3) is 1.69. The average molecular weight is 237 g/mol. The molecule has 88 valence electrons. The molecule has 0 fully saturated rings. The van der Waals surface area contributed by atoms with Crippen LogP contribution in [0.5, 0.6) is 0 Å². The molecular weight excluding hydrogens is 230 g/mol. The molecule has 0 aliphatic carbocycles. The molecule has 2 aromatic rings. The van der Waals surface area contributed by atoms with E-state index in [0.717, 1.165) is 6.07 Å². The van der Waals surface area contributed by atoms with Crippen LogP contribution in [0.25, 0.3) is 11.5 Å². The zero-order valence-corrected chi connectivity index (χ0v) is 8.34. The number of carbonyl (C=O) groups excluding carboxylic acids is 1. The second kappa shape index (κ2) is 3.63. The molecule has 9 heteroatoms. The van der Waals surface area contributed by atoms with Gasteiger partial charge in [0.1, 0.15) is 22.0 Å². The molecule has 0 spiro atoms. The molecule has 0 radical (unpaired) electrons. The first-order chi connectivity index (χ1) is 8.00. The van der Waals surface area contributed by atoms with Gasteiger partial charge < -0.3 is 15.9 Å². The summed E-state index contributed by atoms with van der Waals surface area (Å²) in [6, 6.07) is 2.45. The first-order valence-electron chi connectivity index (χ1n) is 4.39. The number of hydrogen-bond donors (Lipinski definition) is 3. The topological polar surface area (TPSA) is 154 Å². The zero-order chi connectivity index (χ0) is 12.6. The molecule has 2 heterocycles. The quantitative estimate of drug-likeness (QED) is 0.513. The lowest BCUT2D eigenvalue weighted by atomic mass is 10.2. The maximum Gasteiger partial charge on any atom is 0.433 e. The number of H-pyrrole nitrogens is 1. The number of carbonyl (C=O) groups is 1. The smallest absolute Gasteiger partial charge is 0.399 e. The van der Waals surface area contributed by atoms with E-state index in [0.29, 0.717) is 0 Å². The summed E-state index contributed by atoms with van der Waals surface area (Å²) >= 11 is 0. The van der Waals surface area contributed by atoms with Gasteiger partial charge >= 0.3 is 5.88 Å². The summed E-state index contributed by atoms with van der Waals surface area (Å²) in [6.07, 6.45) is 0. The number of nitro groups is 1. The second-order valence-corrected chi connectivity index (χ2v) is 3.12. The minimum atomic E-state index is -0.801. The van der Waals surface area contributed by atoms with Crippen LogP contribution in [0.15, 0.2) is 16.5 Å². The van der Waals surface area contributed by atoms with Crippen molar-refractivity contribution in [3.05, 3.63) is 27.8 Å². The normalized spacial score (nSPS) is 10.4. The lowest BCUT2D eigenvalue weighted by Crippen LogP contribution is -2.13. The van der Waals surface area contributed by atoms with E-state index in [2.05, 4.69) is 10.2 Å². The minimum absolute atomic E-state index is 0.0217. The van der Waals surface area contributed by atoms with Crippen molar-refractivity contribution >= 4 is 17.6 Å². The lowest BCUT2D eigenvalue weighted by Gasteiger charge is -1.94. The highest BCUT2D eigenvalue weighted by Crippen LogP contribution is 2.29. The van der Waals surface area contributed by atoms with Gasteiger partial charge in [0, 0.05) is 0 Å². The number of hydrogen-bond acceptors (Lipinski definition) is 6. The Labute approximate surface area is 93.5 Å². The summed E-state index contributed by atoms with van der Waals surface area (Å²) in [7, 11) is 0. The predicted molar refractivity (Wildman–Crippen MR) is 55.9 cm³/mol. The van der Waals surface area contributed by atoms with Gasteiger partial charge in [-0.05, 0) is 6.07 Å². The third-order valence-electron chi connectivity index (χ3n) is 2.05. The Morgan fingerprint density at radius 3 is 2.76 bits per heavy atom. The van der Waals surface area contributed by atoms with Gasteiger partial charge in [-0.3, -0.25) is 20.0 Å². The molecular formula is C8H7N5O4. The number of furan rings is 1. The van der Waals surface area contributed by atoms with Crippen molar-refractivity contribution in [1.82, 2.24) is 10.2 Å². The highest BCUT2D eigenvalue weighted by atomic mass is 16.6. The number of nitrogens with two attached hydrogens (primary N) is 2. The largest absolute Gasteiger partial charge is 0.433 e. The van der Waals surface area contributed by atoms with Crippen LogP contribution in [0.1, 0.15) is 10.4 Å². The van der Waals surface area contributed by atoms with Crippen LogP contribution < -0.4 is 11.5 Å². The number of amides is 1. The predicted octanol–water partition coefficient (Wildman–Crippen LogP) is 0.259. The van der Waals surface area contributed by atoms with E-state index in [1.54, 1.807) is 0 Å². The van der Waals surface area contributed by atoms with E-state index < -0.39 is 16.7 Å². The molecule has 0 saturated heterocycles. The maximum atomic E-state index is 11.1. The van der Waals surface area contributed by atoms with Gasteiger partial charge in [0.15, 0.2) is 5.76 Å². The van der Waals surface area contributed by atoms with Crippen LogP contribution in [0.3, 0.4) is 0 Å². The summed E-state index contributed by atoms with van der Waals surface area (Å²) in [5.41, 5.74) is 10.5. The maximum absolute atomic E-state index is 11.1. The van der Waals surface area contributed by atoms with E-state index in [4.69, 9.17) is 15.9 Å². The Kier molecular flexibility index (Phi) is 2.28. The SMILES string of the molecule is NC(=O)c1c(-c2ccc([N+](=O)[O-])o2)n[nH]c1N. The van der Waals surface area contributed by atoms with E-state index in [9.17, 15) is 14.9 Å². The molecule has 0 atom stereocenters. The zero-order valence-electron chi connectivity index (χ0n) is 8.34. The van der Waals surface area contributed by atoms with Gasteiger partial charge in [-0.1, -0.05) is 0 Å². The Morgan fingerprint density at radius 2 is 2.24 bits per heavy atom. The molecule has 0 saturated carbocycles. The molecule has 0 aromatic carbocycles. The Hall–Kier alpha value is -2.84. The first-order valence-corrected chi connectivity index (χ1v) is 4.39. The molecule has 0 unspecified atom stereocenters. The number of nitrogens with zero attached hydrogens (tertiary/aromatic N) is 2. The fourth-order valence-corrected chi connectivity index (χ4v) is 1.34. The molecule has 9 nitrogen and oxygen atoms in total. The van der Waals surface area contributed by atoms with Gasteiger partial charge in [-0.15, -0.1) is 0 Å². The minimum Gasteiger partial charge on any atom is -0.399 e. The van der Waals surface area contributed by atoms with Crippen molar-refractivity contribution in [2.45, 2.75) is 0 Å². The summed E-state index contributed by atoms with van der Waals surface area (Å²) in [5.74, 6) is -1.24. The van der Waals surface area contributed by atoms with Gasteiger partial charge in [0.05, 0.1) is 6.07 Å². The lowest BCUT2D eigenvalue weighted by molar-refractivity contribution is -0.401. The van der Waals surface area contributed by atoms with Crippen LogP contribution >= 0.6 is 0 Å². The van der Waals surface area contributed by atoms with Crippen LogP contribution in [0.4, 0.5) is 11.7 Å².